The van der Waals surface area contributed by atoms with Gasteiger partial charge in [-0.3, -0.25) is 4.40 Å². The van der Waals surface area contributed by atoms with Gasteiger partial charge in [-0.15, -0.1) is 0 Å². The first-order chi connectivity index (χ1) is 16.1. The molecule has 1 aliphatic rings. The van der Waals surface area contributed by atoms with Crippen molar-refractivity contribution in [2.45, 2.75) is 32.4 Å². The molecule has 0 bridgehead atoms. The maximum Gasteiger partial charge on any atom is 0.335 e. The third-order valence-electron chi connectivity index (χ3n) is 5.68. The lowest BCUT2D eigenvalue weighted by Gasteiger charge is -2.22. The number of carboxylic acid groups (broad SMARTS) is 1. The third-order valence-corrected chi connectivity index (χ3v) is 5.68. The Morgan fingerprint density at radius 3 is 2.97 bits per heavy atom. The van der Waals surface area contributed by atoms with Crippen molar-refractivity contribution in [3.63, 3.8) is 0 Å². The highest BCUT2D eigenvalue weighted by molar-refractivity contribution is 5.88. The fourth-order valence-electron chi connectivity index (χ4n) is 3.87. The smallest absolute Gasteiger partial charge is 0.335 e. The number of nitrogens with one attached hydrogen (secondary N) is 1. The number of aromatic carboxylic acids is 1. The Bertz CT molecular complexity index is 1390. The van der Waals surface area contributed by atoms with Gasteiger partial charge < -0.3 is 15.2 Å². The molecule has 4 aromatic rings. The van der Waals surface area contributed by atoms with E-state index in [1.54, 1.807) is 30.6 Å². The molecule has 8 nitrogen and oxygen atoms in total. The molecule has 4 heterocycles. The maximum absolute atomic E-state index is 11.3. The third kappa shape index (κ3) is 4.31. The molecule has 1 saturated heterocycles. The average Bonchev–Trinajstić information content (AvgIpc) is 3.47. The lowest BCUT2D eigenvalue weighted by atomic mass is 10.1. The summed E-state index contributed by atoms with van der Waals surface area (Å²) in [7, 11) is 0. The van der Waals surface area contributed by atoms with Crippen LogP contribution in [0, 0.1) is 18.8 Å². The summed E-state index contributed by atoms with van der Waals surface area (Å²) >= 11 is 0. The summed E-state index contributed by atoms with van der Waals surface area (Å²) in [4.78, 5) is 15.8. The SMILES string of the molecule is Cc1ccc(C(=O)O)cc1C#Cc1cnc2c(Nc3cnn(C4CCCCO4)c3)cccn12. The molecule has 1 aromatic carbocycles. The number of aryl methyl sites for hydroxylation is 1. The average molecular weight is 441 g/mol. The first-order valence-electron chi connectivity index (χ1n) is 10.8. The molecule has 8 heteroatoms. The van der Waals surface area contributed by atoms with E-state index in [0.717, 1.165) is 48.5 Å². The molecule has 0 aliphatic carbocycles. The van der Waals surface area contributed by atoms with Gasteiger partial charge in [-0.05, 0) is 61.9 Å². The molecule has 0 amide bonds. The van der Waals surface area contributed by atoms with Crippen molar-refractivity contribution in [2.24, 2.45) is 0 Å². The minimum Gasteiger partial charge on any atom is -0.478 e. The quantitative estimate of drug-likeness (QED) is 0.457. The molecule has 1 unspecified atom stereocenters. The van der Waals surface area contributed by atoms with Crippen LogP contribution in [0.1, 0.15) is 52.7 Å². The number of pyridine rings is 1. The van der Waals surface area contributed by atoms with Crippen molar-refractivity contribution >= 4 is 23.0 Å². The minimum absolute atomic E-state index is 0.0125. The number of benzene rings is 1. The zero-order valence-electron chi connectivity index (χ0n) is 18.2. The van der Waals surface area contributed by atoms with Crippen LogP contribution in [0.15, 0.2) is 55.1 Å². The van der Waals surface area contributed by atoms with Gasteiger partial charge in [-0.25, -0.2) is 14.5 Å². The number of hydrogen-bond donors (Lipinski definition) is 2. The van der Waals surface area contributed by atoms with Crippen LogP contribution in [0.5, 0.6) is 0 Å². The topological polar surface area (TPSA) is 93.7 Å². The molecule has 166 valence electrons. The lowest BCUT2D eigenvalue weighted by Crippen LogP contribution is -2.18. The van der Waals surface area contributed by atoms with Gasteiger partial charge in [-0.1, -0.05) is 12.0 Å². The summed E-state index contributed by atoms with van der Waals surface area (Å²) in [6.45, 7) is 2.68. The number of nitrogens with zero attached hydrogens (tertiary/aromatic N) is 4. The standard InChI is InChI=1S/C25H23N5O3/c1-17-7-8-19(25(31)32)13-18(17)9-10-21-15-26-24-22(5-4-11-29(21)24)28-20-14-27-30(16-20)23-6-2-3-12-33-23/h4-5,7-8,11,13-16,23,28H,2-3,6,12H2,1H3,(H,31,32). The molecular formula is C25H23N5O3. The van der Waals surface area contributed by atoms with Crippen LogP contribution in [0.4, 0.5) is 11.4 Å². The van der Waals surface area contributed by atoms with Crippen LogP contribution in [0.3, 0.4) is 0 Å². The van der Waals surface area contributed by atoms with E-state index in [4.69, 9.17) is 4.74 Å². The van der Waals surface area contributed by atoms with E-state index in [0.29, 0.717) is 11.3 Å². The first kappa shape index (κ1) is 20.8. The van der Waals surface area contributed by atoms with Crippen LogP contribution in [-0.2, 0) is 4.74 Å². The normalized spacial score (nSPS) is 15.7. The van der Waals surface area contributed by atoms with Crippen LogP contribution in [-0.4, -0.2) is 36.8 Å². The number of carbonyl (C=O) groups is 1. The van der Waals surface area contributed by atoms with Crippen molar-refractivity contribution in [2.75, 3.05) is 11.9 Å². The highest BCUT2D eigenvalue weighted by Crippen LogP contribution is 2.25. The predicted molar refractivity (Wildman–Crippen MR) is 124 cm³/mol. The summed E-state index contributed by atoms with van der Waals surface area (Å²) in [5.41, 5.74) is 4.94. The van der Waals surface area contributed by atoms with Gasteiger partial charge in [0.2, 0.25) is 0 Å². The summed E-state index contributed by atoms with van der Waals surface area (Å²) in [6.07, 6.45) is 10.5. The predicted octanol–water partition coefficient (Wildman–Crippen LogP) is 4.38. The van der Waals surface area contributed by atoms with E-state index in [2.05, 4.69) is 27.2 Å². The van der Waals surface area contributed by atoms with Crippen LogP contribution < -0.4 is 5.32 Å². The Morgan fingerprint density at radius 1 is 1.24 bits per heavy atom. The summed E-state index contributed by atoms with van der Waals surface area (Å²) in [5, 5.41) is 17.1. The van der Waals surface area contributed by atoms with Gasteiger partial charge >= 0.3 is 5.97 Å². The van der Waals surface area contributed by atoms with Crippen LogP contribution in [0.2, 0.25) is 0 Å². The molecule has 1 atom stereocenters. The second-order valence-electron chi connectivity index (χ2n) is 8.00. The highest BCUT2D eigenvalue weighted by Gasteiger charge is 2.17. The number of aromatic nitrogens is 4. The van der Waals surface area contributed by atoms with Gasteiger partial charge in [0.15, 0.2) is 5.65 Å². The summed E-state index contributed by atoms with van der Waals surface area (Å²) < 4.78 is 9.56. The second-order valence-corrected chi connectivity index (χ2v) is 8.00. The minimum atomic E-state index is -0.970. The Morgan fingerprint density at radius 2 is 2.15 bits per heavy atom. The summed E-state index contributed by atoms with van der Waals surface area (Å²) in [6, 6.07) is 8.82. The number of rotatable bonds is 4. The van der Waals surface area contributed by atoms with Crippen molar-refractivity contribution in [1.29, 1.82) is 0 Å². The molecule has 1 fully saturated rings. The molecule has 1 aliphatic heterocycles. The number of anilines is 2. The van der Waals surface area contributed by atoms with Gasteiger partial charge in [0.05, 0.1) is 35.5 Å². The Labute approximate surface area is 190 Å². The van der Waals surface area contributed by atoms with Crippen molar-refractivity contribution in [3.8, 4) is 11.8 Å². The number of hydrogen-bond acceptors (Lipinski definition) is 5. The Balaban J connectivity index is 1.41. The van der Waals surface area contributed by atoms with Gasteiger partial charge in [0.1, 0.15) is 11.9 Å². The van der Waals surface area contributed by atoms with Gasteiger partial charge in [0, 0.05) is 18.4 Å². The molecular weight excluding hydrogens is 418 g/mol. The molecule has 0 radical (unpaired) electrons. The number of carboxylic acids is 1. The van der Waals surface area contributed by atoms with Crippen molar-refractivity contribution < 1.29 is 14.6 Å². The van der Waals surface area contributed by atoms with Gasteiger partial charge in [0.25, 0.3) is 0 Å². The van der Waals surface area contributed by atoms with E-state index >= 15 is 0 Å². The zero-order chi connectivity index (χ0) is 22.8. The number of imidazole rings is 1. The van der Waals surface area contributed by atoms with E-state index in [1.807, 2.05) is 40.5 Å². The Hall–Kier alpha value is -4.09. The van der Waals surface area contributed by atoms with Crippen molar-refractivity contribution in [1.82, 2.24) is 19.2 Å². The van der Waals surface area contributed by atoms with E-state index in [-0.39, 0.29) is 11.8 Å². The monoisotopic (exact) mass is 441 g/mol. The molecule has 3 aromatic heterocycles. The van der Waals surface area contributed by atoms with Crippen LogP contribution in [0.25, 0.3) is 5.65 Å². The fourth-order valence-corrected chi connectivity index (χ4v) is 3.87. The Kier molecular flexibility index (Phi) is 5.55. The zero-order valence-corrected chi connectivity index (χ0v) is 18.2. The fraction of sp³-hybridized carbons (Fsp3) is 0.240. The van der Waals surface area contributed by atoms with E-state index in [1.165, 1.54) is 0 Å². The number of fused-ring (bicyclic) bond motifs is 1. The molecule has 2 N–H and O–H groups in total. The van der Waals surface area contributed by atoms with Crippen LogP contribution >= 0.6 is 0 Å². The van der Waals surface area contributed by atoms with Crippen molar-refractivity contribution in [3.05, 3.63) is 77.5 Å². The number of ether oxygens (including phenoxy) is 1. The summed E-state index contributed by atoms with van der Waals surface area (Å²) in [5.74, 6) is 5.25. The molecule has 0 spiro atoms. The first-order valence-corrected chi connectivity index (χ1v) is 10.8. The highest BCUT2D eigenvalue weighted by atomic mass is 16.5. The molecule has 0 saturated carbocycles. The maximum atomic E-state index is 11.3. The molecule has 33 heavy (non-hydrogen) atoms. The van der Waals surface area contributed by atoms with E-state index in [9.17, 15) is 9.90 Å². The molecule has 5 rings (SSSR count). The largest absolute Gasteiger partial charge is 0.478 e. The van der Waals surface area contributed by atoms with E-state index < -0.39 is 5.97 Å². The van der Waals surface area contributed by atoms with Gasteiger partial charge in [-0.2, -0.15) is 5.10 Å². The lowest BCUT2D eigenvalue weighted by molar-refractivity contribution is -0.0394. The second kappa shape index (κ2) is 8.81.